The summed E-state index contributed by atoms with van der Waals surface area (Å²) in [5.74, 6) is 0.723. The molecule has 0 radical (unpaired) electrons. The molecule has 1 heteroatoms. The van der Waals surface area contributed by atoms with Gasteiger partial charge in [-0.2, -0.15) is 0 Å². The lowest BCUT2D eigenvalue weighted by molar-refractivity contribution is 0.647. The molecule has 0 saturated heterocycles. The van der Waals surface area contributed by atoms with Crippen LogP contribution in [0.4, 0.5) is 0 Å². The minimum absolute atomic E-state index is 0.723. The number of hydrogen-bond acceptors (Lipinski definition) is 1. The minimum Gasteiger partial charge on any atom is -0.388 e. The molecule has 1 nitrogen and oxygen atoms in total. The molecule has 88 valence electrons. The summed E-state index contributed by atoms with van der Waals surface area (Å²) in [7, 11) is 1.98. The molecule has 0 aliphatic rings. The van der Waals surface area contributed by atoms with Crippen LogP contribution in [0.2, 0.25) is 0 Å². The van der Waals surface area contributed by atoms with Crippen molar-refractivity contribution < 1.29 is 0 Å². The highest BCUT2D eigenvalue weighted by atomic mass is 14.8. The third-order valence-electron chi connectivity index (χ3n) is 2.59. The second-order valence-corrected chi connectivity index (χ2v) is 4.57. The lowest BCUT2D eigenvalue weighted by Crippen LogP contribution is -2.04. The molecule has 0 heterocycles. The predicted octanol–water partition coefficient (Wildman–Crippen LogP) is 3.86. The fourth-order valence-electron chi connectivity index (χ4n) is 1.86. The first-order valence-electron chi connectivity index (χ1n) is 6.14. The number of nitrogens with one attached hydrogen (secondary N) is 1. The molecule has 1 rings (SSSR count). The van der Waals surface area contributed by atoms with Crippen molar-refractivity contribution in [3.63, 3.8) is 0 Å². The van der Waals surface area contributed by atoms with E-state index in [0.717, 1.165) is 18.8 Å². The summed E-state index contributed by atoms with van der Waals surface area (Å²) in [6, 6.07) is 8.87. The topological polar surface area (TPSA) is 12.0 Å². The average molecular weight is 217 g/mol. The van der Waals surface area contributed by atoms with Crippen molar-refractivity contribution in [3.05, 3.63) is 41.5 Å². The standard InChI is InChI=1S/C15H23N/c1-5-6-15(16-4)14-9-7-13(8-10-14)11-12(2)3/h6-10,12,16H,5,11H2,1-4H3/b15-6-. The summed E-state index contributed by atoms with van der Waals surface area (Å²) < 4.78 is 0. The second kappa shape index (κ2) is 6.37. The molecule has 0 unspecified atom stereocenters. The van der Waals surface area contributed by atoms with Gasteiger partial charge in [-0.1, -0.05) is 51.1 Å². The summed E-state index contributed by atoms with van der Waals surface area (Å²) in [5.41, 5.74) is 3.92. The molecule has 0 atom stereocenters. The van der Waals surface area contributed by atoms with Crippen LogP contribution < -0.4 is 5.32 Å². The quantitative estimate of drug-likeness (QED) is 0.790. The van der Waals surface area contributed by atoms with Crippen LogP contribution in [-0.4, -0.2) is 7.05 Å². The van der Waals surface area contributed by atoms with Crippen LogP contribution in [0.25, 0.3) is 5.70 Å². The maximum Gasteiger partial charge on any atom is 0.0370 e. The average Bonchev–Trinajstić information content (AvgIpc) is 2.26. The Labute approximate surface area is 99.6 Å². The van der Waals surface area contributed by atoms with E-state index in [9.17, 15) is 0 Å². The van der Waals surface area contributed by atoms with Crippen LogP contribution in [0.3, 0.4) is 0 Å². The van der Waals surface area contributed by atoms with Crippen molar-refractivity contribution in [2.24, 2.45) is 5.92 Å². The maximum atomic E-state index is 3.24. The van der Waals surface area contributed by atoms with Crippen LogP contribution >= 0.6 is 0 Å². The normalized spacial score (nSPS) is 11.9. The SMILES string of the molecule is CC/C=C(\NC)c1ccc(CC(C)C)cc1. The van der Waals surface area contributed by atoms with Crippen LogP contribution in [0.1, 0.15) is 38.3 Å². The van der Waals surface area contributed by atoms with Gasteiger partial charge in [-0.25, -0.2) is 0 Å². The van der Waals surface area contributed by atoms with E-state index < -0.39 is 0 Å². The Morgan fingerprint density at radius 1 is 1.25 bits per heavy atom. The maximum absolute atomic E-state index is 3.24. The van der Waals surface area contributed by atoms with E-state index >= 15 is 0 Å². The Balaban J connectivity index is 2.81. The predicted molar refractivity (Wildman–Crippen MR) is 72.3 cm³/mol. The van der Waals surface area contributed by atoms with Gasteiger partial charge in [0.25, 0.3) is 0 Å². The van der Waals surface area contributed by atoms with Crippen molar-refractivity contribution in [1.29, 1.82) is 0 Å². The fraction of sp³-hybridized carbons (Fsp3) is 0.467. The fourth-order valence-corrected chi connectivity index (χ4v) is 1.86. The Bertz CT molecular complexity index is 333. The van der Waals surface area contributed by atoms with Gasteiger partial charge in [-0.15, -0.1) is 0 Å². The molecular formula is C15H23N. The van der Waals surface area contributed by atoms with E-state index in [1.165, 1.54) is 16.8 Å². The van der Waals surface area contributed by atoms with Gasteiger partial charge in [0.05, 0.1) is 0 Å². The molecule has 0 aliphatic carbocycles. The monoisotopic (exact) mass is 217 g/mol. The van der Waals surface area contributed by atoms with Crippen molar-refractivity contribution >= 4 is 5.70 Å². The Hall–Kier alpha value is -1.24. The highest BCUT2D eigenvalue weighted by Gasteiger charge is 2.00. The summed E-state index contributed by atoms with van der Waals surface area (Å²) in [5, 5.41) is 3.24. The highest BCUT2D eigenvalue weighted by Crippen LogP contribution is 2.15. The van der Waals surface area contributed by atoms with Gasteiger partial charge >= 0.3 is 0 Å². The summed E-state index contributed by atoms with van der Waals surface area (Å²) in [6.45, 7) is 6.67. The van der Waals surface area contributed by atoms with Gasteiger partial charge in [0.1, 0.15) is 0 Å². The Morgan fingerprint density at radius 2 is 1.88 bits per heavy atom. The van der Waals surface area contributed by atoms with E-state index in [1.807, 2.05) is 7.05 Å². The molecule has 1 aromatic carbocycles. The van der Waals surface area contributed by atoms with Crippen LogP contribution in [0.15, 0.2) is 30.3 Å². The summed E-state index contributed by atoms with van der Waals surface area (Å²) >= 11 is 0. The lowest BCUT2D eigenvalue weighted by Gasteiger charge is -2.09. The molecule has 0 amide bonds. The van der Waals surface area contributed by atoms with Crippen molar-refractivity contribution in [3.8, 4) is 0 Å². The molecule has 16 heavy (non-hydrogen) atoms. The second-order valence-electron chi connectivity index (χ2n) is 4.57. The van der Waals surface area contributed by atoms with Crippen LogP contribution in [-0.2, 0) is 6.42 Å². The zero-order valence-electron chi connectivity index (χ0n) is 10.9. The first-order chi connectivity index (χ1) is 7.67. The first kappa shape index (κ1) is 12.8. The van der Waals surface area contributed by atoms with Gasteiger partial charge in [-0.3, -0.25) is 0 Å². The van der Waals surface area contributed by atoms with E-state index in [-0.39, 0.29) is 0 Å². The zero-order valence-corrected chi connectivity index (χ0v) is 10.9. The first-order valence-corrected chi connectivity index (χ1v) is 6.14. The van der Waals surface area contributed by atoms with Gasteiger partial charge in [0.2, 0.25) is 0 Å². The van der Waals surface area contributed by atoms with Crippen LogP contribution in [0, 0.1) is 5.92 Å². The molecule has 0 bridgehead atoms. The van der Waals surface area contributed by atoms with E-state index in [4.69, 9.17) is 0 Å². The van der Waals surface area contributed by atoms with E-state index in [2.05, 4.69) is 56.4 Å². The van der Waals surface area contributed by atoms with Gasteiger partial charge in [0, 0.05) is 12.7 Å². The van der Waals surface area contributed by atoms with Gasteiger partial charge in [0.15, 0.2) is 0 Å². The third kappa shape index (κ3) is 3.73. The number of allylic oxidation sites excluding steroid dienone is 1. The minimum atomic E-state index is 0.723. The van der Waals surface area contributed by atoms with Crippen molar-refractivity contribution in [1.82, 2.24) is 5.32 Å². The number of rotatable bonds is 5. The molecule has 1 N–H and O–H groups in total. The highest BCUT2D eigenvalue weighted by molar-refractivity contribution is 5.63. The molecular weight excluding hydrogens is 194 g/mol. The lowest BCUT2D eigenvalue weighted by atomic mass is 10.0. The molecule has 0 saturated carbocycles. The smallest absolute Gasteiger partial charge is 0.0370 e. The molecule has 1 aromatic rings. The molecule has 0 spiro atoms. The molecule has 0 aromatic heterocycles. The van der Waals surface area contributed by atoms with E-state index in [1.54, 1.807) is 0 Å². The molecule has 0 fully saturated rings. The Kier molecular flexibility index (Phi) is 5.10. The summed E-state index contributed by atoms with van der Waals surface area (Å²) in [4.78, 5) is 0. The van der Waals surface area contributed by atoms with Gasteiger partial charge < -0.3 is 5.32 Å². The number of hydrogen-bond donors (Lipinski definition) is 1. The number of benzene rings is 1. The van der Waals surface area contributed by atoms with Crippen molar-refractivity contribution in [2.45, 2.75) is 33.6 Å². The van der Waals surface area contributed by atoms with Crippen molar-refractivity contribution in [2.75, 3.05) is 7.05 Å². The largest absolute Gasteiger partial charge is 0.388 e. The van der Waals surface area contributed by atoms with E-state index in [0.29, 0.717) is 0 Å². The zero-order chi connectivity index (χ0) is 12.0. The van der Waals surface area contributed by atoms with Crippen LogP contribution in [0.5, 0.6) is 0 Å². The third-order valence-corrected chi connectivity index (χ3v) is 2.59. The van der Waals surface area contributed by atoms with Gasteiger partial charge in [-0.05, 0) is 29.9 Å². The molecule has 0 aliphatic heterocycles. The summed E-state index contributed by atoms with van der Waals surface area (Å²) in [6.07, 6.45) is 4.44. The Morgan fingerprint density at radius 3 is 2.31 bits per heavy atom.